The molecule has 4 heterocycles. The lowest BCUT2D eigenvalue weighted by molar-refractivity contribution is 0.0990. The first kappa shape index (κ1) is 15.9. The van der Waals surface area contributed by atoms with Gasteiger partial charge in [0, 0.05) is 25.0 Å². The summed E-state index contributed by atoms with van der Waals surface area (Å²) in [6.45, 7) is 5.05. The Hall–Kier alpha value is -3.62. The highest BCUT2D eigenvalue weighted by Gasteiger charge is 2.24. The van der Waals surface area contributed by atoms with Gasteiger partial charge in [0.05, 0.1) is 5.39 Å². The quantitative estimate of drug-likeness (QED) is 0.564. The van der Waals surface area contributed by atoms with Gasteiger partial charge in [0.25, 0.3) is 11.7 Å². The van der Waals surface area contributed by atoms with Crippen molar-refractivity contribution in [3.63, 3.8) is 0 Å². The van der Waals surface area contributed by atoms with Gasteiger partial charge in [-0.2, -0.15) is 4.98 Å². The molecule has 0 atom stereocenters. The zero-order valence-corrected chi connectivity index (χ0v) is 14.3. The first-order valence-corrected chi connectivity index (χ1v) is 7.84. The van der Waals surface area contributed by atoms with Crippen LogP contribution in [0.5, 0.6) is 0 Å². The molecule has 1 N–H and O–H groups in total. The van der Waals surface area contributed by atoms with E-state index in [-0.39, 0.29) is 23.1 Å². The Morgan fingerprint density at radius 3 is 2.77 bits per heavy atom. The minimum Gasteiger partial charge on any atom is -0.432 e. The van der Waals surface area contributed by atoms with Gasteiger partial charge < -0.3 is 9.73 Å². The summed E-state index contributed by atoms with van der Waals surface area (Å²) in [6.07, 6.45) is 3.19. The van der Waals surface area contributed by atoms with Crippen LogP contribution in [0, 0.1) is 13.8 Å². The summed E-state index contributed by atoms with van der Waals surface area (Å²) in [4.78, 5) is 37.0. The molecule has 0 fully saturated rings. The molecule has 0 aliphatic rings. The summed E-state index contributed by atoms with van der Waals surface area (Å²) >= 11 is 0. The van der Waals surface area contributed by atoms with Crippen LogP contribution in [0.15, 0.2) is 28.9 Å². The highest BCUT2D eigenvalue weighted by atomic mass is 16.4. The average Bonchev–Trinajstić information content (AvgIpc) is 3.16. The lowest BCUT2D eigenvalue weighted by Crippen LogP contribution is -2.15. The van der Waals surface area contributed by atoms with Gasteiger partial charge in [-0.1, -0.05) is 0 Å². The Kier molecular flexibility index (Phi) is 3.50. The van der Waals surface area contributed by atoms with Crippen molar-refractivity contribution >= 4 is 34.3 Å². The van der Waals surface area contributed by atoms with E-state index in [1.807, 2.05) is 19.9 Å². The van der Waals surface area contributed by atoms with E-state index in [1.165, 1.54) is 11.4 Å². The lowest BCUT2D eigenvalue weighted by atomic mass is 10.1. The average molecular weight is 350 g/mol. The molecule has 9 heteroatoms. The molecule has 0 aliphatic heterocycles. The second-order valence-electron chi connectivity index (χ2n) is 5.88. The molecular formula is C17H14N6O3. The number of carbonyl (C=O) groups is 2. The zero-order valence-electron chi connectivity index (χ0n) is 14.3. The number of aryl methyl sites for hydroxylation is 2. The van der Waals surface area contributed by atoms with E-state index in [1.54, 1.807) is 18.5 Å². The first-order chi connectivity index (χ1) is 12.4. The number of Topliss-reactive ketones (excluding diaryl/α,β-unsaturated/α-hetero) is 1. The van der Waals surface area contributed by atoms with E-state index in [0.717, 1.165) is 11.3 Å². The van der Waals surface area contributed by atoms with E-state index >= 15 is 0 Å². The number of anilines is 1. The number of fused-ring (bicyclic) bond motifs is 2. The number of amides is 1. The number of aromatic nitrogens is 5. The van der Waals surface area contributed by atoms with Gasteiger partial charge in [0.15, 0.2) is 11.5 Å². The van der Waals surface area contributed by atoms with Gasteiger partial charge in [-0.15, -0.1) is 5.10 Å². The third kappa shape index (κ3) is 2.50. The highest BCUT2D eigenvalue weighted by molar-refractivity contribution is 6.13. The Bertz CT molecular complexity index is 1160. The molecule has 4 aromatic rings. The maximum atomic E-state index is 12.6. The number of nitrogens with zero attached hydrogens (tertiary/aromatic N) is 5. The van der Waals surface area contributed by atoms with Gasteiger partial charge in [0.2, 0.25) is 11.5 Å². The third-order valence-electron chi connectivity index (χ3n) is 3.87. The molecular weight excluding hydrogens is 336 g/mol. The van der Waals surface area contributed by atoms with Gasteiger partial charge in [0.1, 0.15) is 5.69 Å². The molecule has 130 valence electrons. The van der Waals surface area contributed by atoms with E-state index < -0.39 is 5.91 Å². The summed E-state index contributed by atoms with van der Waals surface area (Å²) in [7, 11) is 0. The van der Waals surface area contributed by atoms with Crippen molar-refractivity contribution in [1.82, 2.24) is 24.6 Å². The largest absolute Gasteiger partial charge is 0.432 e. The topological polar surface area (TPSA) is 115 Å². The third-order valence-corrected chi connectivity index (χ3v) is 3.87. The molecule has 0 saturated carbocycles. The molecule has 0 saturated heterocycles. The van der Waals surface area contributed by atoms with Crippen molar-refractivity contribution in [2.45, 2.75) is 20.8 Å². The van der Waals surface area contributed by atoms with Gasteiger partial charge in [-0.05, 0) is 31.5 Å². The van der Waals surface area contributed by atoms with Gasteiger partial charge in [-0.25, -0.2) is 14.5 Å². The fraction of sp³-hybridized carbons (Fsp3) is 0.176. The van der Waals surface area contributed by atoms with Crippen molar-refractivity contribution < 1.29 is 14.0 Å². The van der Waals surface area contributed by atoms with Crippen LogP contribution in [-0.2, 0) is 0 Å². The predicted molar refractivity (Wildman–Crippen MR) is 92.2 cm³/mol. The maximum absolute atomic E-state index is 12.6. The van der Waals surface area contributed by atoms with Crippen LogP contribution < -0.4 is 5.32 Å². The molecule has 26 heavy (non-hydrogen) atoms. The molecule has 0 radical (unpaired) electrons. The second-order valence-corrected chi connectivity index (χ2v) is 5.88. The van der Waals surface area contributed by atoms with Crippen molar-refractivity contribution in [1.29, 1.82) is 0 Å². The Morgan fingerprint density at radius 1 is 1.23 bits per heavy atom. The summed E-state index contributed by atoms with van der Waals surface area (Å²) in [5, 5.41) is 7.36. The number of carbonyl (C=O) groups excluding carboxylic acids is 2. The number of ketones is 1. The highest BCUT2D eigenvalue weighted by Crippen LogP contribution is 2.33. The number of hydrogen-bond acceptors (Lipinski definition) is 7. The van der Waals surface area contributed by atoms with Crippen molar-refractivity contribution in [2.24, 2.45) is 0 Å². The molecule has 4 rings (SSSR count). The van der Waals surface area contributed by atoms with Crippen LogP contribution in [0.1, 0.15) is 39.4 Å². The molecule has 9 nitrogen and oxygen atoms in total. The molecule has 0 aromatic carbocycles. The molecule has 0 bridgehead atoms. The maximum Gasteiger partial charge on any atom is 0.295 e. The number of nitrogens with one attached hydrogen (secondary N) is 1. The standard InChI is InChI=1S/C17H14N6O3/c1-8-7-9(2)19-16-11(8)12(13(26-16)10(3)24)20-15(25)14-21-17-18-5-4-6-23(17)22-14/h4-7H,1-3H3,(H,20,25). The fourth-order valence-corrected chi connectivity index (χ4v) is 2.81. The number of hydrogen-bond donors (Lipinski definition) is 1. The first-order valence-electron chi connectivity index (χ1n) is 7.84. The number of pyridine rings is 1. The van der Waals surface area contributed by atoms with Crippen molar-refractivity contribution in [3.8, 4) is 0 Å². The van der Waals surface area contributed by atoms with Crippen molar-refractivity contribution in [3.05, 3.63) is 47.4 Å². The Balaban J connectivity index is 1.81. The lowest BCUT2D eigenvalue weighted by Gasteiger charge is -2.04. The predicted octanol–water partition coefficient (Wildman–Crippen LogP) is 2.34. The summed E-state index contributed by atoms with van der Waals surface area (Å²) < 4.78 is 6.98. The molecule has 1 amide bonds. The number of furan rings is 1. The molecule has 0 spiro atoms. The number of rotatable bonds is 3. The van der Waals surface area contributed by atoms with Gasteiger partial charge in [-0.3, -0.25) is 9.59 Å². The van der Waals surface area contributed by atoms with E-state index in [9.17, 15) is 9.59 Å². The van der Waals surface area contributed by atoms with E-state index in [0.29, 0.717) is 16.9 Å². The van der Waals surface area contributed by atoms with Crippen LogP contribution in [0.2, 0.25) is 0 Å². The van der Waals surface area contributed by atoms with Crippen LogP contribution in [0.3, 0.4) is 0 Å². The van der Waals surface area contributed by atoms with Crippen LogP contribution >= 0.6 is 0 Å². The smallest absolute Gasteiger partial charge is 0.295 e. The summed E-state index contributed by atoms with van der Waals surface area (Å²) in [6, 6.07) is 3.53. The van der Waals surface area contributed by atoms with Gasteiger partial charge >= 0.3 is 0 Å². The molecule has 4 aromatic heterocycles. The zero-order chi connectivity index (χ0) is 18.4. The minimum absolute atomic E-state index is 0.0384. The van der Waals surface area contributed by atoms with Crippen LogP contribution in [0.25, 0.3) is 16.9 Å². The van der Waals surface area contributed by atoms with E-state index in [2.05, 4.69) is 25.4 Å². The molecule has 0 unspecified atom stereocenters. The van der Waals surface area contributed by atoms with Crippen molar-refractivity contribution in [2.75, 3.05) is 5.32 Å². The van der Waals surface area contributed by atoms with E-state index in [4.69, 9.17) is 4.42 Å². The fourth-order valence-electron chi connectivity index (χ4n) is 2.81. The normalized spacial score (nSPS) is 11.2. The minimum atomic E-state index is -0.569. The Morgan fingerprint density at radius 2 is 2.04 bits per heavy atom. The SMILES string of the molecule is CC(=O)c1oc2nc(C)cc(C)c2c1NC(=O)c1nc2ncccn2n1. The Labute approximate surface area is 147 Å². The van der Waals surface area contributed by atoms with Crippen LogP contribution in [0.4, 0.5) is 5.69 Å². The van der Waals surface area contributed by atoms with Crippen LogP contribution in [-0.4, -0.2) is 36.3 Å². The summed E-state index contributed by atoms with van der Waals surface area (Å²) in [5.41, 5.74) is 2.16. The monoisotopic (exact) mass is 350 g/mol. The second kappa shape index (κ2) is 5.73. The molecule has 0 aliphatic carbocycles. The summed E-state index contributed by atoms with van der Waals surface area (Å²) in [5.74, 6) is -0.614.